The fourth-order valence-electron chi connectivity index (χ4n) is 2.13. The van der Waals surface area contributed by atoms with E-state index in [1.165, 1.54) is 0 Å². The van der Waals surface area contributed by atoms with Gasteiger partial charge in [0.1, 0.15) is 11.9 Å². The Morgan fingerprint density at radius 2 is 1.94 bits per heavy atom. The molecule has 0 aliphatic rings. The normalized spacial score (nSPS) is 10.7. The SMILES string of the molecule is Cc1c(-c2ccccc2)nc2cc(C=O)ccn12. The van der Waals surface area contributed by atoms with Gasteiger partial charge in [-0.1, -0.05) is 30.3 Å². The molecule has 0 unspecified atom stereocenters. The first-order chi connectivity index (χ1) is 8.79. The second-order valence-corrected chi connectivity index (χ2v) is 4.22. The van der Waals surface area contributed by atoms with E-state index in [0.717, 1.165) is 28.9 Å². The van der Waals surface area contributed by atoms with Gasteiger partial charge in [-0.15, -0.1) is 0 Å². The zero-order valence-corrected chi connectivity index (χ0v) is 10.00. The molecule has 0 fully saturated rings. The van der Waals surface area contributed by atoms with Gasteiger partial charge in [-0.3, -0.25) is 4.79 Å². The molecular formula is C15H12N2O. The van der Waals surface area contributed by atoms with Gasteiger partial charge in [0.05, 0.1) is 5.69 Å². The lowest BCUT2D eigenvalue weighted by atomic mass is 10.1. The first-order valence-corrected chi connectivity index (χ1v) is 5.79. The summed E-state index contributed by atoms with van der Waals surface area (Å²) in [5, 5.41) is 0. The lowest BCUT2D eigenvalue weighted by Crippen LogP contribution is -1.89. The van der Waals surface area contributed by atoms with Crippen LogP contribution >= 0.6 is 0 Å². The van der Waals surface area contributed by atoms with Crippen molar-refractivity contribution in [1.29, 1.82) is 0 Å². The van der Waals surface area contributed by atoms with E-state index >= 15 is 0 Å². The molecule has 0 aliphatic heterocycles. The Morgan fingerprint density at radius 3 is 2.67 bits per heavy atom. The van der Waals surface area contributed by atoms with Crippen molar-refractivity contribution in [1.82, 2.24) is 9.38 Å². The van der Waals surface area contributed by atoms with Crippen LogP contribution < -0.4 is 0 Å². The second-order valence-electron chi connectivity index (χ2n) is 4.22. The van der Waals surface area contributed by atoms with Crippen molar-refractivity contribution in [2.24, 2.45) is 0 Å². The number of hydrogen-bond acceptors (Lipinski definition) is 2. The molecule has 3 rings (SSSR count). The van der Waals surface area contributed by atoms with Crippen LogP contribution in [-0.2, 0) is 0 Å². The first kappa shape index (κ1) is 10.7. The van der Waals surface area contributed by atoms with Gasteiger partial charge in [0, 0.05) is 23.0 Å². The van der Waals surface area contributed by atoms with E-state index in [1.807, 2.05) is 47.9 Å². The zero-order chi connectivity index (χ0) is 12.5. The van der Waals surface area contributed by atoms with Crippen LogP contribution in [0.4, 0.5) is 0 Å². The molecule has 3 heteroatoms. The highest BCUT2D eigenvalue weighted by molar-refractivity contribution is 5.77. The topological polar surface area (TPSA) is 34.4 Å². The van der Waals surface area contributed by atoms with Gasteiger partial charge >= 0.3 is 0 Å². The molecule has 0 amide bonds. The number of fused-ring (bicyclic) bond motifs is 1. The molecule has 0 bridgehead atoms. The number of imidazole rings is 1. The fourth-order valence-corrected chi connectivity index (χ4v) is 2.13. The molecule has 2 heterocycles. The van der Waals surface area contributed by atoms with E-state index in [9.17, 15) is 4.79 Å². The summed E-state index contributed by atoms with van der Waals surface area (Å²) < 4.78 is 2.00. The number of aromatic nitrogens is 2. The van der Waals surface area contributed by atoms with Crippen LogP contribution in [0.2, 0.25) is 0 Å². The quantitative estimate of drug-likeness (QED) is 0.641. The lowest BCUT2D eigenvalue weighted by molar-refractivity contribution is 0.112. The van der Waals surface area contributed by atoms with E-state index < -0.39 is 0 Å². The molecule has 1 aromatic carbocycles. The molecule has 18 heavy (non-hydrogen) atoms. The third-order valence-corrected chi connectivity index (χ3v) is 3.07. The van der Waals surface area contributed by atoms with E-state index in [4.69, 9.17) is 0 Å². The van der Waals surface area contributed by atoms with E-state index in [0.29, 0.717) is 5.56 Å². The Balaban J connectivity index is 2.26. The molecule has 0 aliphatic carbocycles. The second kappa shape index (κ2) is 4.11. The van der Waals surface area contributed by atoms with Crippen LogP contribution in [0.3, 0.4) is 0 Å². The summed E-state index contributed by atoms with van der Waals surface area (Å²) in [6.45, 7) is 2.03. The summed E-state index contributed by atoms with van der Waals surface area (Å²) in [6, 6.07) is 13.6. The Labute approximate surface area is 105 Å². The molecule has 3 aromatic rings. The third-order valence-electron chi connectivity index (χ3n) is 3.07. The highest BCUT2D eigenvalue weighted by atomic mass is 16.1. The summed E-state index contributed by atoms with van der Waals surface area (Å²) in [5.41, 5.74) is 4.57. The van der Waals surface area contributed by atoms with Crippen molar-refractivity contribution < 1.29 is 4.79 Å². The number of nitrogens with zero attached hydrogens (tertiary/aromatic N) is 2. The van der Waals surface area contributed by atoms with Crippen LogP contribution in [0.5, 0.6) is 0 Å². The fraction of sp³-hybridized carbons (Fsp3) is 0.0667. The van der Waals surface area contributed by atoms with E-state index in [-0.39, 0.29) is 0 Å². The molecule has 0 saturated carbocycles. The molecule has 0 atom stereocenters. The van der Waals surface area contributed by atoms with Gasteiger partial charge in [-0.2, -0.15) is 0 Å². The largest absolute Gasteiger partial charge is 0.304 e. The van der Waals surface area contributed by atoms with Gasteiger partial charge in [-0.25, -0.2) is 4.98 Å². The van der Waals surface area contributed by atoms with Crippen LogP contribution in [0, 0.1) is 6.92 Å². The van der Waals surface area contributed by atoms with Gasteiger partial charge in [-0.05, 0) is 19.1 Å². The number of carbonyl (C=O) groups excluding carboxylic acids is 1. The highest BCUT2D eigenvalue weighted by Crippen LogP contribution is 2.23. The maximum absolute atomic E-state index is 10.8. The third kappa shape index (κ3) is 1.61. The van der Waals surface area contributed by atoms with Crippen molar-refractivity contribution in [2.45, 2.75) is 6.92 Å². The Hall–Kier alpha value is -2.42. The van der Waals surface area contributed by atoms with Crippen molar-refractivity contribution in [3.63, 3.8) is 0 Å². The molecule has 3 nitrogen and oxygen atoms in total. The molecule has 0 spiro atoms. The number of aldehydes is 1. The summed E-state index contributed by atoms with van der Waals surface area (Å²) in [6.07, 6.45) is 2.72. The van der Waals surface area contributed by atoms with Crippen molar-refractivity contribution in [2.75, 3.05) is 0 Å². The molecule has 0 N–H and O–H groups in total. The first-order valence-electron chi connectivity index (χ1n) is 5.79. The van der Waals surface area contributed by atoms with Gasteiger partial charge in [0.25, 0.3) is 0 Å². The number of pyridine rings is 1. The Kier molecular flexibility index (Phi) is 2.45. The molecule has 88 valence electrons. The van der Waals surface area contributed by atoms with E-state index in [1.54, 1.807) is 12.1 Å². The summed E-state index contributed by atoms with van der Waals surface area (Å²) in [5.74, 6) is 0. The predicted molar refractivity (Wildman–Crippen MR) is 70.8 cm³/mol. The van der Waals surface area contributed by atoms with Gasteiger partial charge in [0.15, 0.2) is 0 Å². The minimum absolute atomic E-state index is 0.645. The Bertz CT molecular complexity index is 714. The van der Waals surface area contributed by atoms with Crippen molar-refractivity contribution in [3.8, 4) is 11.3 Å². The summed E-state index contributed by atoms with van der Waals surface area (Å²) in [4.78, 5) is 15.4. The zero-order valence-electron chi connectivity index (χ0n) is 10.00. The lowest BCUT2D eigenvalue weighted by Gasteiger charge is -1.98. The maximum Gasteiger partial charge on any atom is 0.150 e. The standard InChI is InChI=1S/C15H12N2O/c1-11-15(13-5-3-2-4-6-13)16-14-9-12(10-18)7-8-17(11)14/h2-10H,1H3. The highest BCUT2D eigenvalue weighted by Gasteiger charge is 2.09. The van der Waals surface area contributed by atoms with Crippen molar-refractivity contribution >= 4 is 11.9 Å². The minimum Gasteiger partial charge on any atom is -0.304 e. The predicted octanol–water partition coefficient (Wildman–Crippen LogP) is 3.12. The van der Waals surface area contributed by atoms with Gasteiger partial charge < -0.3 is 4.40 Å². The summed E-state index contributed by atoms with van der Waals surface area (Å²) in [7, 11) is 0. The molecule has 2 aromatic heterocycles. The number of rotatable bonds is 2. The summed E-state index contributed by atoms with van der Waals surface area (Å²) >= 11 is 0. The number of carbonyl (C=O) groups is 1. The molecular weight excluding hydrogens is 224 g/mol. The van der Waals surface area contributed by atoms with Crippen LogP contribution in [0.25, 0.3) is 16.9 Å². The number of benzene rings is 1. The van der Waals surface area contributed by atoms with Crippen LogP contribution in [-0.4, -0.2) is 15.7 Å². The van der Waals surface area contributed by atoms with Crippen LogP contribution in [0.15, 0.2) is 48.7 Å². The molecule has 0 radical (unpaired) electrons. The monoisotopic (exact) mass is 236 g/mol. The Morgan fingerprint density at radius 1 is 1.17 bits per heavy atom. The minimum atomic E-state index is 0.645. The molecule has 0 saturated heterocycles. The average Bonchev–Trinajstić information content (AvgIpc) is 2.76. The average molecular weight is 236 g/mol. The van der Waals surface area contributed by atoms with Crippen LogP contribution in [0.1, 0.15) is 16.1 Å². The van der Waals surface area contributed by atoms with Crippen molar-refractivity contribution in [3.05, 3.63) is 59.9 Å². The van der Waals surface area contributed by atoms with E-state index in [2.05, 4.69) is 4.98 Å². The maximum atomic E-state index is 10.8. The number of aryl methyl sites for hydroxylation is 1. The smallest absolute Gasteiger partial charge is 0.150 e. The number of hydrogen-bond donors (Lipinski definition) is 0. The van der Waals surface area contributed by atoms with Gasteiger partial charge in [0.2, 0.25) is 0 Å².